The number of aromatic nitrogens is 3. The predicted molar refractivity (Wildman–Crippen MR) is 65.5 cm³/mol. The van der Waals surface area contributed by atoms with E-state index in [0.717, 1.165) is 11.8 Å². The van der Waals surface area contributed by atoms with E-state index in [4.69, 9.17) is 0 Å². The molecule has 0 aromatic carbocycles. The highest BCUT2D eigenvalue weighted by Crippen LogP contribution is 2.24. The molecule has 0 atom stereocenters. The monoisotopic (exact) mass is 247 g/mol. The topological polar surface area (TPSA) is 47.8 Å². The average Bonchev–Trinajstić information content (AvgIpc) is 2.73. The summed E-state index contributed by atoms with van der Waals surface area (Å²) in [6.45, 7) is 5.30. The highest BCUT2D eigenvalue weighted by molar-refractivity contribution is 5.62. The summed E-state index contributed by atoms with van der Waals surface area (Å²) in [4.78, 5) is 15.0. The van der Waals surface area contributed by atoms with E-state index in [0.29, 0.717) is 5.69 Å². The van der Waals surface area contributed by atoms with E-state index in [-0.39, 0.29) is 5.69 Å². The summed E-state index contributed by atoms with van der Waals surface area (Å²) in [5, 5.41) is 4.27. The summed E-state index contributed by atoms with van der Waals surface area (Å²) in [6.07, 6.45) is 4.04. The van der Waals surface area contributed by atoms with Gasteiger partial charge in [-0.2, -0.15) is 5.10 Å². The van der Waals surface area contributed by atoms with Crippen LogP contribution in [0.2, 0.25) is 0 Å². The number of carbonyl (C=O) groups is 1. The lowest BCUT2D eigenvalue weighted by atomic mass is 10.1. The largest absolute Gasteiger partial charge is 0.301 e. The molecule has 0 aliphatic heterocycles. The van der Waals surface area contributed by atoms with Gasteiger partial charge in [0.05, 0.1) is 0 Å². The molecule has 0 saturated carbocycles. The third kappa shape index (κ3) is 2.03. The molecule has 0 aliphatic rings. The number of hydrogen-bond donors (Lipinski definition) is 0. The Morgan fingerprint density at radius 3 is 2.72 bits per heavy atom. The summed E-state index contributed by atoms with van der Waals surface area (Å²) in [7, 11) is 0. The van der Waals surface area contributed by atoms with Crippen molar-refractivity contribution in [2.24, 2.45) is 0 Å². The second-order valence-corrected chi connectivity index (χ2v) is 4.71. The normalized spacial score (nSPS) is 11.6. The molecule has 2 aromatic rings. The van der Waals surface area contributed by atoms with Crippen molar-refractivity contribution in [1.82, 2.24) is 14.8 Å². The van der Waals surface area contributed by atoms with Gasteiger partial charge in [0.2, 0.25) is 0 Å². The van der Waals surface area contributed by atoms with Crippen molar-refractivity contribution in [2.75, 3.05) is 0 Å². The number of pyridine rings is 1. The number of rotatable bonds is 3. The molecule has 0 N–H and O–H groups in total. The first-order valence-electron chi connectivity index (χ1n) is 5.59. The van der Waals surface area contributed by atoms with E-state index in [2.05, 4.69) is 10.1 Å². The fourth-order valence-electron chi connectivity index (χ4n) is 1.60. The zero-order valence-electron chi connectivity index (χ0n) is 10.5. The van der Waals surface area contributed by atoms with Crippen LogP contribution in [-0.4, -0.2) is 21.1 Å². The summed E-state index contributed by atoms with van der Waals surface area (Å²) >= 11 is 0. The Bertz CT molecular complexity index is 590. The Balaban J connectivity index is 2.55. The molecule has 4 nitrogen and oxygen atoms in total. The standard InChI is InChI=1S/C13H14FN3O/c1-9-7-17(13(2,3)8-18)16-11(9)12-10(14)5-4-6-15-12/h4-8H,1-3H3. The molecular formula is C13H14FN3O. The van der Waals surface area contributed by atoms with Gasteiger partial charge in [-0.05, 0) is 38.5 Å². The maximum absolute atomic E-state index is 13.7. The minimum Gasteiger partial charge on any atom is -0.301 e. The van der Waals surface area contributed by atoms with Gasteiger partial charge in [0.1, 0.15) is 23.2 Å². The van der Waals surface area contributed by atoms with Gasteiger partial charge < -0.3 is 4.79 Å². The highest BCUT2D eigenvalue weighted by atomic mass is 19.1. The molecule has 0 radical (unpaired) electrons. The Morgan fingerprint density at radius 2 is 2.11 bits per heavy atom. The molecule has 0 aliphatic carbocycles. The number of halogens is 1. The molecule has 0 saturated heterocycles. The second-order valence-electron chi connectivity index (χ2n) is 4.71. The molecule has 2 aromatic heterocycles. The zero-order chi connectivity index (χ0) is 13.3. The van der Waals surface area contributed by atoms with E-state index in [1.165, 1.54) is 23.0 Å². The molecule has 0 bridgehead atoms. The highest BCUT2D eigenvalue weighted by Gasteiger charge is 2.23. The molecule has 0 fully saturated rings. The fourth-order valence-corrected chi connectivity index (χ4v) is 1.60. The first-order chi connectivity index (χ1) is 8.45. The van der Waals surface area contributed by atoms with Crippen molar-refractivity contribution in [3.63, 3.8) is 0 Å². The molecule has 94 valence electrons. The molecule has 0 amide bonds. The van der Waals surface area contributed by atoms with Crippen LogP contribution in [-0.2, 0) is 10.3 Å². The second kappa shape index (κ2) is 4.33. The smallest absolute Gasteiger partial charge is 0.151 e. The van der Waals surface area contributed by atoms with Crippen LogP contribution in [0.25, 0.3) is 11.4 Å². The van der Waals surface area contributed by atoms with Crippen molar-refractivity contribution in [2.45, 2.75) is 26.3 Å². The molecule has 0 spiro atoms. The van der Waals surface area contributed by atoms with Gasteiger partial charge in [-0.3, -0.25) is 9.67 Å². The Hall–Kier alpha value is -2.04. The lowest BCUT2D eigenvalue weighted by Gasteiger charge is -2.17. The maximum Gasteiger partial charge on any atom is 0.151 e. The van der Waals surface area contributed by atoms with E-state index in [1.807, 2.05) is 6.92 Å². The van der Waals surface area contributed by atoms with E-state index in [1.54, 1.807) is 20.0 Å². The van der Waals surface area contributed by atoms with Gasteiger partial charge in [0, 0.05) is 12.4 Å². The van der Waals surface area contributed by atoms with Gasteiger partial charge in [-0.25, -0.2) is 4.39 Å². The van der Waals surface area contributed by atoms with Gasteiger partial charge in [-0.15, -0.1) is 0 Å². The zero-order valence-corrected chi connectivity index (χ0v) is 10.5. The van der Waals surface area contributed by atoms with Crippen LogP contribution in [0.5, 0.6) is 0 Å². The van der Waals surface area contributed by atoms with E-state index in [9.17, 15) is 9.18 Å². The van der Waals surface area contributed by atoms with Crippen LogP contribution in [0, 0.1) is 12.7 Å². The minimum atomic E-state index is -0.756. The molecule has 2 rings (SSSR count). The molecule has 2 heterocycles. The summed E-state index contributed by atoms with van der Waals surface area (Å²) in [5.41, 5.74) is 0.690. The Morgan fingerprint density at radius 1 is 1.39 bits per heavy atom. The van der Waals surface area contributed by atoms with Crippen LogP contribution in [0.3, 0.4) is 0 Å². The first kappa shape index (κ1) is 12.4. The van der Waals surface area contributed by atoms with Crippen molar-refractivity contribution in [1.29, 1.82) is 0 Å². The van der Waals surface area contributed by atoms with Gasteiger partial charge >= 0.3 is 0 Å². The third-order valence-corrected chi connectivity index (χ3v) is 2.76. The van der Waals surface area contributed by atoms with Gasteiger partial charge in [0.25, 0.3) is 0 Å². The Kier molecular flexibility index (Phi) is 2.98. The number of aryl methyl sites for hydroxylation is 1. The third-order valence-electron chi connectivity index (χ3n) is 2.76. The summed E-state index contributed by atoms with van der Waals surface area (Å²) < 4.78 is 15.2. The lowest BCUT2D eigenvalue weighted by Crippen LogP contribution is -2.28. The molecule has 5 heteroatoms. The van der Waals surface area contributed by atoms with Crippen molar-refractivity contribution in [3.05, 3.63) is 35.9 Å². The maximum atomic E-state index is 13.7. The van der Waals surface area contributed by atoms with E-state index < -0.39 is 11.4 Å². The average molecular weight is 247 g/mol. The van der Waals surface area contributed by atoms with Crippen LogP contribution in [0.4, 0.5) is 4.39 Å². The quantitative estimate of drug-likeness (QED) is 0.782. The Labute approximate surface area is 104 Å². The first-order valence-corrected chi connectivity index (χ1v) is 5.59. The van der Waals surface area contributed by atoms with Crippen LogP contribution < -0.4 is 0 Å². The SMILES string of the molecule is Cc1cn(C(C)(C)C=O)nc1-c1ncccc1F. The lowest BCUT2D eigenvalue weighted by molar-refractivity contribution is -0.114. The van der Waals surface area contributed by atoms with E-state index >= 15 is 0 Å². The van der Waals surface area contributed by atoms with Crippen molar-refractivity contribution < 1.29 is 9.18 Å². The number of nitrogens with zero attached hydrogens (tertiary/aromatic N) is 3. The summed E-state index contributed by atoms with van der Waals surface area (Å²) in [5.74, 6) is -0.422. The van der Waals surface area contributed by atoms with Crippen LogP contribution in [0.1, 0.15) is 19.4 Å². The number of hydrogen-bond acceptors (Lipinski definition) is 3. The van der Waals surface area contributed by atoms with Crippen molar-refractivity contribution >= 4 is 6.29 Å². The molecule has 0 unspecified atom stereocenters. The number of aldehydes is 1. The van der Waals surface area contributed by atoms with Gasteiger partial charge in [-0.1, -0.05) is 0 Å². The molecule has 18 heavy (non-hydrogen) atoms. The predicted octanol–water partition coefficient (Wildman–Crippen LogP) is 2.33. The molecular weight excluding hydrogens is 233 g/mol. The number of carbonyl (C=O) groups excluding carboxylic acids is 1. The van der Waals surface area contributed by atoms with Crippen molar-refractivity contribution in [3.8, 4) is 11.4 Å². The minimum absolute atomic E-state index is 0.204. The summed E-state index contributed by atoms with van der Waals surface area (Å²) in [6, 6.07) is 2.87. The van der Waals surface area contributed by atoms with Crippen LogP contribution >= 0.6 is 0 Å². The fraction of sp³-hybridized carbons (Fsp3) is 0.308. The van der Waals surface area contributed by atoms with Crippen LogP contribution in [0.15, 0.2) is 24.5 Å². The van der Waals surface area contributed by atoms with Gasteiger partial charge in [0.15, 0.2) is 5.82 Å².